The van der Waals surface area contributed by atoms with E-state index in [0.717, 1.165) is 16.5 Å². The molecule has 0 radical (unpaired) electrons. The zero-order valence-electron chi connectivity index (χ0n) is 11.7. The molecule has 0 N–H and O–H groups in total. The third-order valence-corrected chi connectivity index (χ3v) is 3.81. The maximum absolute atomic E-state index is 11.7. The molecule has 2 aromatic carbocycles. The second-order valence-corrected chi connectivity index (χ2v) is 5.80. The Morgan fingerprint density at radius 3 is 2.73 bits per heavy atom. The Hall–Kier alpha value is -1.97. The lowest BCUT2D eigenvalue weighted by molar-refractivity contribution is 0.307. The molecule has 0 aliphatic rings. The topological polar surface area (TPSA) is 39.4 Å². The first-order valence-electron chi connectivity index (χ1n) is 6.64. The van der Waals surface area contributed by atoms with Crippen molar-refractivity contribution in [3.8, 4) is 5.75 Å². The predicted octanol–water partition coefficient (Wildman–Crippen LogP) is 4.99. The van der Waals surface area contributed by atoms with E-state index in [2.05, 4.69) is 0 Å². The van der Waals surface area contributed by atoms with Crippen LogP contribution in [0.1, 0.15) is 11.1 Å². The van der Waals surface area contributed by atoms with Crippen LogP contribution < -0.4 is 10.4 Å². The van der Waals surface area contributed by atoms with E-state index in [9.17, 15) is 4.79 Å². The Kier molecular flexibility index (Phi) is 4.10. The largest absolute Gasteiger partial charge is 0.487 e. The summed E-state index contributed by atoms with van der Waals surface area (Å²) in [4.78, 5) is 11.7. The summed E-state index contributed by atoms with van der Waals surface area (Å²) in [5, 5.41) is 1.84. The van der Waals surface area contributed by atoms with Crippen LogP contribution in [-0.2, 0) is 6.61 Å². The fourth-order valence-corrected chi connectivity index (χ4v) is 2.53. The van der Waals surface area contributed by atoms with E-state index in [1.165, 1.54) is 6.07 Å². The van der Waals surface area contributed by atoms with Gasteiger partial charge in [0.25, 0.3) is 0 Å². The Bertz CT molecular complexity index is 900. The molecule has 0 amide bonds. The molecular weight excluding hydrogens is 323 g/mol. The number of hydrogen-bond donors (Lipinski definition) is 0. The fraction of sp³-hybridized carbons (Fsp3) is 0.118. The van der Waals surface area contributed by atoms with Gasteiger partial charge in [0.2, 0.25) is 0 Å². The summed E-state index contributed by atoms with van der Waals surface area (Å²) in [6.07, 6.45) is 0. The van der Waals surface area contributed by atoms with Crippen LogP contribution in [0.15, 0.2) is 51.7 Å². The molecule has 3 rings (SSSR count). The van der Waals surface area contributed by atoms with Gasteiger partial charge < -0.3 is 9.15 Å². The molecule has 0 atom stereocenters. The van der Waals surface area contributed by atoms with Crippen molar-refractivity contribution >= 4 is 34.2 Å². The van der Waals surface area contributed by atoms with Gasteiger partial charge in [-0.15, -0.1) is 0 Å². The second kappa shape index (κ2) is 6.03. The van der Waals surface area contributed by atoms with E-state index < -0.39 is 5.63 Å². The van der Waals surface area contributed by atoms with E-state index in [-0.39, 0.29) is 6.61 Å². The average Bonchev–Trinajstić information content (AvgIpc) is 2.47. The second-order valence-electron chi connectivity index (χ2n) is 4.95. The van der Waals surface area contributed by atoms with E-state index >= 15 is 0 Å². The molecular formula is C17H12Cl2O3. The van der Waals surface area contributed by atoms with Gasteiger partial charge in [-0.05, 0) is 30.7 Å². The highest BCUT2D eigenvalue weighted by Crippen LogP contribution is 2.29. The third-order valence-electron chi connectivity index (χ3n) is 3.26. The molecule has 1 aromatic heterocycles. The maximum Gasteiger partial charge on any atom is 0.336 e. The lowest BCUT2D eigenvalue weighted by Crippen LogP contribution is -2.04. The first-order valence-corrected chi connectivity index (χ1v) is 7.40. The monoisotopic (exact) mass is 334 g/mol. The molecule has 3 aromatic rings. The zero-order valence-corrected chi connectivity index (χ0v) is 13.2. The number of fused-ring (bicyclic) bond motifs is 1. The standard InChI is InChI=1S/C17H12Cl2O3/c1-10-2-4-13-11(7-17(20)22-15(13)6-10)9-21-16-8-12(18)3-5-14(16)19/h2-8H,9H2,1H3. The van der Waals surface area contributed by atoms with Gasteiger partial charge in [-0.2, -0.15) is 0 Å². The van der Waals surface area contributed by atoms with Crippen molar-refractivity contribution in [2.45, 2.75) is 13.5 Å². The highest BCUT2D eigenvalue weighted by molar-refractivity contribution is 6.34. The first kappa shape index (κ1) is 14.9. The van der Waals surface area contributed by atoms with Gasteiger partial charge in [-0.1, -0.05) is 35.3 Å². The molecule has 1 heterocycles. The maximum atomic E-state index is 11.7. The minimum atomic E-state index is -0.408. The van der Waals surface area contributed by atoms with Gasteiger partial charge in [0.1, 0.15) is 17.9 Å². The van der Waals surface area contributed by atoms with E-state index in [4.69, 9.17) is 32.4 Å². The van der Waals surface area contributed by atoms with Gasteiger partial charge in [0, 0.05) is 28.1 Å². The Morgan fingerprint density at radius 1 is 1.09 bits per heavy atom. The number of aryl methyl sites for hydroxylation is 1. The molecule has 0 aliphatic carbocycles. The molecule has 3 nitrogen and oxygen atoms in total. The van der Waals surface area contributed by atoms with Gasteiger partial charge in [-0.25, -0.2) is 4.79 Å². The van der Waals surface area contributed by atoms with Gasteiger partial charge in [-0.3, -0.25) is 0 Å². The molecule has 0 saturated carbocycles. The van der Waals surface area contributed by atoms with Crippen LogP contribution in [0, 0.1) is 6.92 Å². The van der Waals surface area contributed by atoms with Crippen LogP contribution in [0.3, 0.4) is 0 Å². The summed E-state index contributed by atoms with van der Waals surface area (Å²) in [5.74, 6) is 0.475. The normalized spacial score (nSPS) is 10.9. The Labute approximate surface area is 137 Å². The smallest absolute Gasteiger partial charge is 0.336 e. The van der Waals surface area contributed by atoms with E-state index in [1.807, 2.05) is 25.1 Å². The number of hydrogen-bond acceptors (Lipinski definition) is 3. The number of ether oxygens (including phenoxy) is 1. The molecule has 112 valence electrons. The van der Waals surface area contributed by atoms with Gasteiger partial charge >= 0.3 is 5.63 Å². The summed E-state index contributed by atoms with van der Waals surface area (Å²) in [7, 11) is 0. The van der Waals surface area contributed by atoms with Crippen LogP contribution in [0.2, 0.25) is 10.0 Å². The highest BCUT2D eigenvalue weighted by Gasteiger charge is 2.08. The highest BCUT2D eigenvalue weighted by atomic mass is 35.5. The SMILES string of the molecule is Cc1ccc2c(COc3cc(Cl)ccc3Cl)cc(=O)oc2c1. The van der Waals surface area contributed by atoms with Crippen LogP contribution in [-0.4, -0.2) is 0 Å². The summed E-state index contributed by atoms with van der Waals surface area (Å²) < 4.78 is 10.9. The van der Waals surface area contributed by atoms with Crippen molar-refractivity contribution in [2.24, 2.45) is 0 Å². The number of rotatable bonds is 3. The average molecular weight is 335 g/mol. The van der Waals surface area contributed by atoms with Gasteiger partial charge in [0.05, 0.1) is 5.02 Å². The van der Waals surface area contributed by atoms with Crippen molar-refractivity contribution in [3.05, 3.63) is 74.1 Å². The lowest BCUT2D eigenvalue weighted by atomic mass is 10.1. The van der Waals surface area contributed by atoms with Crippen molar-refractivity contribution in [1.29, 1.82) is 0 Å². The van der Waals surface area contributed by atoms with E-state index in [0.29, 0.717) is 21.4 Å². The molecule has 0 aliphatic heterocycles. The number of benzene rings is 2. The molecule has 0 fully saturated rings. The van der Waals surface area contributed by atoms with Crippen molar-refractivity contribution in [2.75, 3.05) is 0 Å². The van der Waals surface area contributed by atoms with Crippen molar-refractivity contribution in [3.63, 3.8) is 0 Å². The summed E-state index contributed by atoms with van der Waals surface area (Å²) in [6.45, 7) is 2.14. The lowest BCUT2D eigenvalue weighted by Gasteiger charge is -2.10. The Morgan fingerprint density at radius 2 is 1.91 bits per heavy atom. The van der Waals surface area contributed by atoms with Crippen LogP contribution >= 0.6 is 23.2 Å². The zero-order chi connectivity index (χ0) is 15.7. The Balaban J connectivity index is 1.97. The summed E-state index contributed by atoms with van der Waals surface area (Å²) in [6, 6.07) is 12.1. The fourth-order valence-electron chi connectivity index (χ4n) is 2.20. The molecule has 22 heavy (non-hydrogen) atoms. The van der Waals surface area contributed by atoms with E-state index in [1.54, 1.807) is 18.2 Å². The van der Waals surface area contributed by atoms with Crippen molar-refractivity contribution < 1.29 is 9.15 Å². The minimum Gasteiger partial charge on any atom is -0.487 e. The molecule has 0 saturated heterocycles. The molecule has 5 heteroatoms. The minimum absolute atomic E-state index is 0.200. The van der Waals surface area contributed by atoms with Crippen LogP contribution in [0.4, 0.5) is 0 Å². The third kappa shape index (κ3) is 3.11. The molecule has 0 spiro atoms. The predicted molar refractivity (Wildman–Crippen MR) is 88.0 cm³/mol. The quantitative estimate of drug-likeness (QED) is 0.633. The summed E-state index contributed by atoms with van der Waals surface area (Å²) >= 11 is 12.0. The first-order chi connectivity index (χ1) is 10.5. The van der Waals surface area contributed by atoms with Crippen molar-refractivity contribution in [1.82, 2.24) is 0 Å². The van der Waals surface area contributed by atoms with Crippen LogP contribution in [0.25, 0.3) is 11.0 Å². The van der Waals surface area contributed by atoms with Crippen LogP contribution in [0.5, 0.6) is 5.75 Å². The summed E-state index contributed by atoms with van der Waals surface area (Å²) in [5.41, 5.74) is 1.89. The number of halogens is 2. The molecule has 0 bridgehead atoms. The van der Waals surface area contributed by atoms with Gasteiger partial charge in [0.15, 0.2) is 0 Å². The molecule has 0 unspecified atom stereocenters.